The van der Waals surface area contributed by atoms with Crippen molar-refractivity contribution in [2.75, 3.05) is 20.1 Å². The molecular formula is C18H31Cl2N3O. The second kappa shape index (κ2) is 11.7. The molecule has 0 bridgehead atoms. The Hall–Kier alpha value is -0.810. The Labute approximate surface area is 158 Å². The molecule has 1 aliphatic rings. The van der Waals surface area contributed by atoms with Gasteiger partial charge in [-0.3, -0.25) is 9.69 Å². The van der Waals surface area contributed by atoms with Crippen LogP contribution in [0.1, 0.15) is 37.8 Å². The van der Waals surface area contributed by atoms with Crippen LogP contribution in [0.4, 0.5) is 0 Å². The van der Waals surface area contributed by atoms with Crippen LogP contribution in [0, 0.1) is 5.92 Å². The summed E-state index contributed by atoms with van der Waals surface area (Å²) in [5, 5.41) is 6.41. The third-order valence-electron chi connectivity index (χ3n) is 4.54. The molecule has 24 heavy (non-hydrogen) atoms. The molecule has 1 aliphatic heterocycles. The van der Waals surface area contributed by atoms with Crippen molar-refractivity contribution in [1.82, 2.24) is 15.5 Å². The summed E-state index contributed by atoms with van der Waals surface area (Å²) in [4.78, 5) is 14.6. The lowest BCUT2D eigenvalue weighted by atomic mass is 9.98. The third-order valence-corrected chi connectivity index (χ3v) is 4.54. The number of hydrogen-bond donors (Lipinski definition) is 2. The predicted molar refractivity (Wildman–Crippen MR) is 105 cm³/mol. The van der Waals surface area contributed by atoms with E-state index in [0.29, 0.717) is 12.6 Å². The summed E-state index contributed by atoms with van der Waals surface area (Å²) in [6, 6.07) is 8.89. The molecule has 2 rings (SSSR count). The van der Waals surface area contributed by atoms with Gasteiger partial charge in [0.25, 0.3) is 0 Å². The van der Waals surface area contributed by atoms with Crippen molar-refractivity contribution in [1.29, 1.82) is 0 Å². The van der Waals surface area contributed by atoms with Crippen LogP contribution in [-0.2, 0) is 17.9 Å². The number of nitrogens with one attached hydrogen (secondary N) is 2. The van der Waals surface area contributed by atoms with E-state index in [1.165, 1.54) is 11.1 Å². The molecular weight excluding hydrogens is 345 g/mol. The van der Waals surface area contributed by atoms with E-state index >= 15 is 0 Å². The van der Waals surface area contributed by atoms with Gasteiger partial charge in [-0.25, -0.2) is 0 Å². The number of carbonyl (C=O) groups excluding carboxylic acids is 1. The average molecular weight is 376 g/mol. The van der Waals surface area contributed by atoms with Gasteiger partial charge in [0.2, 0.25) is 5.91 Å². The van der Waals surface area contributed by atoms with Gasteiger partial charge in [-0.15, -0.1) is 24.8 Å². The lowest BCUT2D eigenvalue weighted by molar-refractivity contribution is -0.125. The summed E-state index contributed by atoms with van der Waals surface area (Å²) in [7, 11) is 2.13. The zero-order valence-electron chi connectivity index (χ0n) is 14.9. The van der Waals surface area contributed by atoms with E-state index in [1.807, 2.05) is 6.07 Å². The molecule has 1 aromatic carbocycles. The van der Waals surface area contributed by atoms with Gasteiger partial charge in [0.05, 0.1) is 5.92 Å². The van der Waals surface area contributed by atoms with Crippen LogP contribution < -0.4 is 10.6 Å². The molecule has 1 atom stereocenters. The Morgan fingerprint density at radius 3 is 2.54 bits per heavy atom. The average Bonchev–Trinajstić information content (AvgIpc) is 2.54. The van der Waals surface area contributed by atoms with Gasteiger partial charge in [-0.05, 0) is 51.4 Å². The van der Waals surface area contributed by atoms with Crippen LogP contribution in [-0.4, -0.2) is 37.0 Å². The summed E-state index contributed by atoms with van der Waals surface area (Å²) >= 11 is 0. The molecule has 0 aliphatic carbocycles. The van der Waals surface area contributed by atoms with Crippen LogP contribution in [0.25, 0.3) is 0 Å². The lowest BCUT2D eigenvalue weighted by Gasteiger charge is -2.24. The maximum Gasteiger partial charge on any atom is 0.224 e. The van der Waals surface area contributed by atoms with Crippen LogP contribution in [0.15, 0.2) is 24.3 Å². The highest BCUT2D eigenvalue weighted by Crippen LogP contribution is 2.14. The Morgan fingerprint density at radius 1 is 1.29 bits per heavy atom. The zero-order chi connectivity index (χ0) is 15.9. The van der Waals surface area contributed by atoms with Crippen molar-refractivity contribution in [2.24, 2.45) is 5.92 Å². The van der Waals surface area contributed by atoms with Crippen molar-refractivity contribution in [3.05, 3.63) is 35.4 Å². The maximum atomic E-state index is 12.3. The molecule has 6 heteroatoms. The SMILES string of the molecule is CC(C)N(C)Cc1ccccc1CNC(=O)C1CCCNC1.Cl.Cl. The fourth-order valence-corrected chi connectivity index (χ4v) is 2.74. The van der Waals surface area contributed by atoms with Gasteiger partial charge in [-0.1, -0.05) is 24.3 Å². The van der Waals surface area contributed by atoms with Crippen LogP contribution in [0.5, 0.6) is 0 Å². The predicted octanol–water partition coefficient (Wildman–Crippen LogP) is 2.99. The summed E-state index contributed by atoms with van der Waals surface area (Å²) in [6.45, 7) is 7.77. The molecule has 138 valence electrons. The first-order chi connectivity index (χ1) is 10.6. The Morgan fingerprint density at radius 2 is 1.96 bits per heavy atom. The first kappa shape index (κ1) is 23.2. The van der Waals surface area contributed by atoms with Gasteiger partial charge in [0, 0.05) is 25.7 Å². The first-order valence-corrected chi connectivity index (χ1v) is 8.33. The maximum absolute atomic E-state index is 12.3. The smallest absolute Gasteiger partial charge is 0.224 e. The topological polar surface area (TPSA) is 44.4 Å². The number of nitrogens with zero attached hydrogens (tertiary/aromatic N) is 1. The summed E-state index contributed by atoms with van der Waals surface area (Å²) < 4.78 is 0. The molecule has 1 amide bonds. The number of halogens is 2. The number of amides is 1. The molecule has 0 saturated carbocycles. The second-order valence-electron chi connectivity index (χ2n) is 6.54. The van der Waals surface area contributed by atoms with E-state index in [-0.39, 0.29) is 36.6 Å². The number of carbonyl (C=O) groups is 1. The molecule has 0 radical (unpaired) electrons. The van der Waals surface area contributed by atoms with E-state index in [9.17, 15) is 4.79 Å². The monoisotopic (exact) mass is 375 g/mol. The summed E-state index contributed by atoms with van der Waals surface area (Å²) in [5.74, 6) is 0.304. The zero-order valence-corrected chi connectivity index (χ0v) is 16.5. The minimum Gasteiger partial charge on any atom is -0.352 e. The highest BCUT2D eigenvalue weighted by Gasteiger charge is 2.20. The normalized spacial score (nSPS) is 17.1. The highest BCUT2D eigenvalue weighted by molar-refractivity contribution is 5.85. The van der Waals surface area contributed by atoms with E-state index in [1.54, 1.807) is 0 Å². The van der Waals surface area contributed by atoms with Crippen molar-refractivity contribution in [2.45, 2.75) is 45.8 Å². The minimum absolute atomic E-state index is 0. The molecule has 4 nitrogen and oxygen atoms in total. The summed E-state index contributed by atoms with van der Waals surface area (Å²) in [6.07, 6.45) is 2.09. The first-order valence-electron chi connectivity index (χ1n) is 8.33. The molecule has 0 spiro atoms. The minimum atomic E-state index is 0. The van der Waals surface area contributed by atoms with Crippen LogP contribution in [0.2, 0.25) is 0 Å². The second-order valence-corrected chi connectivity index (χ2v) is 6.54. The van der Waals surface area contributed by atoms with Crippen LogP contribution in [0.3, 0.4) is 0 Å². The number of rotatable bonds is 6. The standard InChI is InChI=1S/C18H29N3O.2ClH/c1-14(2)21(3)13-17-8-5-4-7-15(17)12-20-18(22)16-9-6-10-19-11-16;;/h4-5,7-8,14,16,19H,6,9-13H2,1-3H3,(H,20,22);2*1H. The van der Waals surface area contributed by atoms with E-state index < -0.39 is 0 Å². The van der Waals surface area contributed by atoms with Crippen LogP contribution >= 0.6 is 24.8 Å². The Kier molecular flexibility index (Phi) is 11.3. The molecule has 1 unspecified atom stereocenters. The van der Waals surface area contributed by atoms with Gasteiger partial charge < -0.3 is 10.6 Å². The molecule has 0 aromatic heterocycles. The fourth-order valence-electron chi connectivity index (χ4n) is 2.74. The molecule has 1 aromatic rings. The summed E-state index contributed by atoms with van der Waals surface area (Å²) in [5.41, 5.74) is 2.51. The van der Waals surface area contributed by atoms with Crippen molar-refractivity contribution in [3.63, 3.8) is 0 Å². The fraction of sp³-hybridized carbons (Fsp3) is 0.611. The van der Waals surface area contributed by atoms with Crippen molar-refractivity contribution in [3.8, 4) is 0 Å². The van der Waals surface area contributed by atoms with Crippen molar-refractivity contribution >= 4 is 30.7 Å². The van der Waals surface area contributed by atoms with E-state index in [4.69, 9.17) is 0 Å². The quantitative estimate of drug-likeness (QED) is 0.802. The molecule has 1 saturated heterocycles. The molecule has 1 heterocycles. The number of piperidine rings is 1. The van der Waals surface area contributed by atoms with Gasteiger partial charge in [-0.2, -0.15) is 0 Å². The molecule has 2 N–H and O–H groups in total. The van der Waals surface area contributed by atoms with Gasteiger partial charge in [0.1, 0.15) is 0 Å². The third kappa shape index (κ3) is 6.98. The lowest BCUT2D eigenvalue weighted by Crippen LogP contribution is -2.40. The Balaban J connectivity index is 0.00000264. The van der Waals surface area contributed by atoms with Gasteiger partial charge >= 0.3 is 0 Å². The van der Waals surface area contributed by atoms with Crippen molar-refractivity contribution < 1.29 is 4.79 Å². The highest BCUT2D eigenvalue weighted by atomic mass is 35.5. The van der Waals surface area contributed by atoms with E-state index in [2.05, 4.69) is 54.6 Å². The Bertz CT molecular complexity index is 491. The largest absolute Gasteiger partial charge is 0.352 e. The number of benzene rings is 1. The van der Waals surface area contributed by atoms with Gasteiger partial charge in [0.15, 0.2) is 0 Å². The molecule has 1 fully saturated rings. The van der Waals surface area contributed by atoms with E-state index in [0.717, 1.165) is 32.5 Å². The number of hydrogen-bond acceptors (Lipinski definition) is 3.